The number of carboxylic acid groups (broad SMARTS) is 1. The highest BCUT2D eigenvalue weighted by molar-refractivity contribution is 5.73. The average Bonchev–Trinajstić information content (AvgIpc) is 3.01. The maximum Gasteiger partial charge on any atom is 0.423 e. The van der Waals surface area contributed by atoms with Crippen LogP contribution in [0.2, 0.25) is 0 Å². The number of nitrogens with one attached hydrogen (secondary N) is 1. The summed E-state index contributed by atoms with van der Waals surface area (Å²) in [5.41, 5.74) is 0. The van der Waals surface area contributed by atoms with E-state index < -0.39 is 43.5 Å². The van der Waals surface area contributed by atoms with Gasteiger partial charge in [0.25, 0.3) is 0 Å². The molecule has 0 heterocycles. The summed E-state index contributed by atoms with van der Waals surface area (Å²) < 4.78 is 76.7. The van der Waals surface area contributed by atoms with Gasteiger partial charge in [0, 0.05) is 12.6 Å². The molecule has 1 aliphatic carbocycles. The van der Waals surface area contributed by atoms with Crippen molar-refractivity contribution < 1.29 is 41.0 Å². The van der Waals surface area contributed by atoms with E-state index in [1.807, 2.05) is 0 Å². The second-order valence-electron chi connectivity index (χ2n) is 4.45. The van der Waals surface area contributed by atoms with Crippen LogP contribution in [0, 0.1) is 0 Å². The first-order chi connectivity index (χ1) is 9.01. The summed E-state index contributed by atoms with van der Waals surface area (Å²) in [5, 5.41) is 11.4. The third-order valence-corrected chi connectivity index (χ3v) is 2.60. The van der Waals surface area contributed by atoms with Gasteiger partial charge in [0.05, 0.1) is 0 Å². The van der Waals surface area contributed by atoms with Gasteiger partial charge in [-0.1, -0.05) is 0 Å². The van der Waals surface area contributed by atoms with E-state index in [2.05, 4.69) is 10.1 Å². The Hall–Kier alpha value is -1.03. The number of hydrogen-bond acceptors (Lipinski definition) is 3. The molecule has 0 bridgehead atoms. The molecule has 4 nitrogen and oxygen atoms in total. The highest BCUT2D eigenvalue weighted by Crippen LogP contribution is 2.35. The SMILES string of the molecule is O=C(O)C(CCOC(C(F)(F)F)C(F)(F)F)NC1CC1. The fourth-order valence-electron chi connectivity index (χ4n) is 1.49. The summed E-state index contributed by atoms with van der Waals surface area (Å²) in [7, 11) is 0. The van der Waals surface area contributed by atoms with E-state index in [-0.39, 0.29) is 6.04 Å². The Bertz CT molecular complexity index is 325. The number of carbonyl (C=O) groups is 1. The second-order valence-corrected chi connectivity index (χ2v) is 4.45. The van der Waals surface area contributed by atoms with Crippen LogP contribution in [0.1, 0.15) is 19.3 Å². The van der Waals surface area contributed by atoms with Crippen LogP contribution < -0.4 is 5.32 Å². The second kappa shape index (κ2) is 6.17. The van der Waals surface area contributed by atoms with Crippen LogP contribution in [0.4, 0.5) is 26.3 Å². The van der Waals surface area contributed by atoms with E-state index in [0.717, 1.165) is 12.8 Å². The Morgan fingerprint density at radius 3 is 2.05 bits per heavy atom. The van der Waals surface area contributed by atoms with E-state index in [4.69, 9.17) is 5.11 Å². The van der Waals surface area contributed by atoms with Crippen molar-refractivity contribution in [3.8, 4) is 0 Å². The largest absolute Gasteiger partial charge is 0.480 e. The zero-order chi connectivity index (χ0) is 15.6. The molecular weight excluding hydrogens is 296 g/mol. The number of aliphatic carboxylic acids is 1. The molecule has 1 saturated carbocycles. The van der Waals surface area contributed by atoms with Crippen molar-refractivity contribution in [1.82, 2.24) is 5.32 Å². The molecule has 118 valence electrons. The highest BCUT2D eigenvalue weighted by atomic mass is 19.4. The lowest BCUT2D eigenvalue weighted by Gasteiger charge is -2.24. The molecule has 0 saturated heterocycles. The smallest absolute Gasteiger partial charge is 0.423 e. The minimum absolute atomic E-state index is 0.0443. The van der Waals surface area contributed by atoms with E-state index in [9.17, 15) is 31.1 Å². The standard InChI is InChI=1S/C10H13F6NO3/c11-9(12,13)8(10(14,15)16)20-4-3-6(7(18)19)17-5-1-2-5/h5-6,8,17H,1-4H2,(H,18,19). The molecule has 1 rings (SSSR count). The van der Waals surface area contributed by atoms with Crippen molar-refractivity contribution in [1.29, 1.82) is 0 Å². The number of ether oxygens (including phenoxy) is 1. The van der Waals surface area contributed by atoms with Gasteiger partial charge in [-0.05, 0) is 19.3 Å². The maximum atomic E-state index is 12.1. The number of halogens is 6. The normalized spacial score (nSPS) is 18.4. The van der Waals surface area contributed by atoms with Gasteiger partial charge in [0.1, 0.15) is 6.04 Å². The summed E-state index contributed by atoms with van der Waals surface area (Å²) in [5.74, 6) is -1.34. The molecule has 2 N–H and O–H groups in total. The zero-order valence-corrected chi connectivity index (χ0v) is 10.1. The molecule has 1 aliphatic rings. The van der Waals surface area contributed by atoms with Gasteiger partial charge >= 0.3 is 18.3 Å². The number of carboxylic acids is 1. The van der Waals surface area contributed by atoms with E-state index in [0.29, 0.717) is 0 Å². The van der Waals surface area contributed by atoms with E-state index in [1.165, 1.54) is 0 Å². The van der Waals surface area contributed by atoms with Crippen LogP contribution in [0.15, 0.2) is 0 Å². The minimum atomic E-state index is -5.58. The topological polar surface area (TPSA) is 58.6 Å². The van der Waals surface area contributed by atoms with Crippen molar-refractivity contribution in [3.05, 3.63) is 0 Å². The molecule has 0 aliphatic heterocycles. The first kappa shape index (κ1) is 17.0. The molecule has 0 aromatic rings. The zero-order valence-electron chi connectivity index (χ0n) is 10.1. The van der Waals surface area contributed by atoms with Crippen molar-refractivity contribution in [2.75, 3.05) is 6.61 Å². The average molecular weight is 309 g/mol. The van der Waals surface area contributed by atoms with Gasteiger partial charge in [-0.3, -0.25) is 4.79 Å². The summed E-state index contributed by atoms with van der Waals surface area (Å²) in [6, 6.07) is -1.26. The molecule has 10 heteroatoms. The molecule has 1 fully saturated rings. The van der Waals surface area contributed by atoms with E-state index in [1.54, 1.807) is 0 Å². The molecule has 0 radical (unpaired) electrons. The number of hydrogen-bond donors (Lipinski definition) is 2. The van der Waals surface area contributed by atoms with Crippen molar-refractivity contribution in [2.24, 2.45) is 0 Å². The summed E-state index contributed by atoms with van der Waals surface area (Å²) >= 11 is 0. The fourth-order valence-corrected chi connectivity index (χ4v) is 1.49. The Kier molecular flexibility index (Phi) is 5.25. The van der Waals surface area contributed by atoms with Gasteiger partial charge in [-0.2, -0.15) is 26.3 Å². The molecule has 1 unspecified atom stereocenters. The molecule has 0 amide bonds. The molecule has 20 heavy (non-hydrogen) atoms. The van der Waals surface area contributed by atoms with Gasteiger partial charge in [0.15, 0.2) is 0 Å². The van der Waals surface area contributed by atoms with Gasteiger partial charge < -0.3 is 15.2 Å². The van der Waals surface area contributed by atoms with E-state index >= 15 is 0 Å². The first-order valence-corrected chi connectivity index (χ1v) is 5.75. The molecule has 1 atom stereocenters. The van der Waals surface area contributed by atoms with Crippen molar-refractivity contribution >= 4 is 5.97 Å². The molecule has 0 aromatic carbocycles. The summed E-state index contributed by atoms with van der Waals surface area (Å²) in [4.78, 5) is 10.8. The van der Waals surface area contributed by atoms with Gasteiger partial charge in [-0.25, -0.2) is 0 Å². The quantitative estimate of drug-likeness (QED) is 0.707. The predicted molar refractivity (Wildman–Crippen MR) is 54.0 cm³/mol. The first-order valence-electron chi connectivity index (χ1n) is 5.75. The predicted octanol–water partition coefficient (Wildman–Crippen LogP) is 2.09. The molecule has 0 aromatic heterocycles. The van der Waals surface area contributed by atoms with Crippen LogP contribution in [-0.2, 0) is 9.53 Å². The monoisotopic (exact) mass is 309 g/mol. The Morgan fingerprint density at radius 2 is 1.70 bits per heavy atom. The Balaban J connectivity index is 2.48. The van der Waals surface area contributed by atoms with Gasteiger partial charge in [0.2, 0.25) is 6.10 Å². The van der Waals surface area contributed by atoms with Crippen LogP contribution in [-0.4, -0.2) is 48.2 Å². The molecular formula is C10H13F6NO3. The maximum absolute atomic E-state index is 12.1. The third kappa shape index (κ3) is 5.53. The Morgan fingerprint density at radius 1 is 1.20 bits per heavy atom. The van der Waals surface area contributed by atoms with Gasteiger partial charge in [-0.15, -0.1) is 0 Å². The van der Waals surface area contributed by atoms with Crippen molar-refractivity contribution in [2.45, 2.75) is 49.8 Å². The fraction of sp³-hybridized carbons (Fsp3) is 0.900. The Labute approximate surface area is 110 Å². The highest BCUT2D eigenvalue weighted by Gasteiger charge is 2.57. The van der Waals surface area contributed by atoms with Crippen LogP contribution >= 0.6 is 0 Å². The summed E-state index contributed by atoms with van der Waals surface area (Å²) in [6.45, 7) is -0.958. The number of alkyl halides is 6. The lowest BCUT2D eigenvalue weighted by atomic mass is 10.2. The third-order valence-electron chi connectivity index (χ3n) is 2.60. The lowest BCUT2D eigenvalue weighted by Crippen LogP contribution is -2.45. The van der Waals surface area contributed by atoms with Crippen LogP contribution in [0.3, 0.4) is 0 Å². The molecule has 0 spiro atoms. The van der Waals surface area contributed by atoms with Crippen molar-refractivity contribution in [3.63, 3.8) is 0 Å². The lowest BCUT2D eigenvalue weighted by molar-refractivity contribution is -0.321. The minimum Gasteiger partial charge on any atom is -0.480 e. The van der Waals surface area contributed by atoms with Crippen LogP contribution in [0.25, 0.3) is 0 Å². The summed E-state index contributed by atoms with van der Waals surface area (Å²) in [6.07, 6.45) is -14.1. The number of rotatable bonds is 7. The van der Waals surface area contributed by atoms with Crippen LogP contribution in [0.5, 0.6) is 0 Å².